The second-order valence-electron chi connectivity index (χ2n) is 8.43. The van der Waals surface area contributed by atoms with E-state index in [0.29, 0.717) is 5.56 Å². The van der Waals surface area contributed by atoms with Crippen LogP contribution in [0.2, 0.25) is 0 Å². The molecule has 0 heterocycles. The van der Waals surface area contributed by atoms with Crippen molar-refractivity contribution in [3.05, 3.63) is 35.4 Å². The number of nitrogens with one attached hydrogen (secondary N) is 2. The number of hydrogen-bond acceptors (Lipinski definition) is 2. The van der Waals surface area contributed by atoms with E-state index in [1.807, 2.05) is 12.1 Å². The summed E-state index contributed by atoms with van der Waals surface area (Å²) in [6, 6.07) is 7.91. The summed E-state index contributed by atoms with van der Waals surface area (Å²) in [5, 5.41) is 10.7. The number of amides is 1. The molecule has 0 spiro atoms. The normalized spacial score (nSPS) is 14.5. The van der Waals surface area contributed by atoms with Gasteiger partial charge in [-0.25, -0.2) is 0 Å². The summed E-state index contributed by atoms with van der Waals surface area (Å²) in [6.45, 7) is 2.27. The zero-order valence-electron chi connectivity index (χ0n) is 18.1. The first-order chi connectivity index (χ1) is 13.6. The molecule has 1 fully saturated rings. The fourth-order valence-electron chi connectivity index (χ4n) is 3.92. The smallest absolute Gasteiger partial charge is 0.252 e. The van der Waals surface area contributed by atoms with Gasteiger partial charge in [-0.05, 0) is 49.8 Å². The predicted molar refractivity (Wildman–Crippen MR) is 125 cm³/mol. The van der Waals surface area contributed by atoms with Crippen molar-refractivity contribution >= 4 is 24.1 Å². The zero-order valence-corrected chi connectivity index (χ0v) is 18.9. The van der Waals surface area contributed by atoms with Crippen molar-refractivity contribution in [2.45, 2.75) is 102 Å². The van der Waals surface area contributed by atoms with Crippen LogP contribution in [0.1, 0.15) is 106 Å². The fraction of sp³-hybridized carbons (Fsp3) is 0.667. The molecule has 2 rings (SSSR count). The van der Waals surface area contributed by atoms with E-state index in [4.69, 9.17) is 11.1 Å². The van der Waals surface area contributed by atoms with Crippen molar-refractivity contribution in [1.82, 2.24) is 5.32 Å². The molecule has 29 heavy (non-hydrogen) atoms. The molecule has 1 saturated carbocycles. The standard InChI is InChI=1S/C24H39N3O.ClH/c1-2-3-4-5-6-7-8-9-10-11-13-20-14-16-21(17-15-20)22(28)27-24(23(25)26)18-12-19-24;/h14-17H,2-13,18-19H2,1H3,(H3,25,26)(H,27,28);1H. The highest BCUT2D eigenvalue weighted by molar-refractivity contribution is 6.00. The minimum absolute atomic E-state index is 0. The lowest BCUT2D eigenvalue weighted by molar-refractivity contribution is 0.0887. The quantitative estimate of drug-likeness (QED) is 0.191. The third kappa shape index (κ3) is 8.38. The number of carbonyl (C=O) groups excluding carboxylic acids is 1. The Morgan fingerprint density at radius 3 is 1.93 bits per heavy atom. The maximum absolute atomic E-state index is 12.4. The second-order valence-corrected chi connectivity index (χ2v) is 8.43. The largest absolute Gasteiger partial charge is 0.386 e. The lowest BCUT2D eigenvalue weighted by Crippen LogP contribution is -2.61. The van der Waals surface area contributed by atoms with Gasteiger partial charge in [-0.3, -0.25) is 10.2 Å². The molecular weight excluding hydrogens is 382 g/mol. The van der Waals surface area contributed by atoms with Crippen LogP contribution in [0.3, 0.4) is 0 Å². The maximum atomic E-state index is 12.4. The second kappa shape index (κ2) is 13.6. The fourth-order valence-corrected chi connectivity index (χ4v) is 3.92. The Bertz CT molecular complexity index is 611. The minimum atomic E-state index is -0.605. The summed E-state index contributed by atoms with van der Waals surface area (Å²) < 4.78 is 0. The van der Waals surface area contributed by atoms with Gasteiger partial charge in [0.25, 0.3) is 5.91 Å². The molecule has 0 aliphatic heterocycles. The number of aryl methyl sites for hydroxylation is 1. The van der Waals surface area contributed by atoms with E-state index in [9.17, 15) is 4.79 Å². The van der Waals surface area contributed by atoms with Gasteiger partial charge in [0, 0.05) is 5.56 Å². The third-order valence-corrected chi connectivity index (χ3v) is 6.11. The summed E-state index contributed by atoms with van der Waals surface area (Å²) in [5.41, 5.74) is 7.02. The van der Waals surface area contributed by atoms with E-state index >= 15 is 0 Å². The van der Waals surface area contributed by atoms with Crippen molar-refractivity contribution in [2.75, 3.05) is 0 Å². The van der Waals surface area contributed by atoms with Gasteiger partial charge in [0.15, 0.2) is 0 Å². The Hall–Kier alpha value is -1.55. The number of halogens is 1. The topological polar surface area (TPSA) is 79.0 Å². The molecule has 1 aliphatic rings. The number of hydrogen-bond donors (Lipinski definition) is 3. The summed E-state index contributed by atoms with van der Waals surface area (Å²) in [7, 11) is 0. The molecule has 4 nitrogen and oxygen atoms in total. The van der Waals surface area contributed by atoms with Crippen LogP contribution in [0, 0.1) is 5.41 Å². The van der Waals surface area contributed by atoms with Gasteiger partial charge >= 0.3 is 0 Å². The van der Waals surface area contributed by atoms with E-state index in [0.717, 1.165) is 25.7 Å². The van der Waals surface area contributed by atoms with Crippen LogP contribution in [-0.2, 0) is 6.42 Å². The first-order valence-electron chi connectivity index (χ1n) is 11.3. The molecule has 0 unspecified atom stereocenters. The highest BCUT2D eigenvalue weighted by atomic mass is 35.5. The number of carbonyl (C=O) groups is 1. The Balaban J connectivity index is 0.00000420. The summed E-state index contributed by atoms with van der Waals surface area (Å²) in [4.78, 5) is 12.4. The third-order valence-electron chi connectivity index (χ3n) is 6.11. The molecule has 5 heteroatoms. The van der Waals surface area contributed by atoms with Crippen molar-refractivity contribution in [3.8, 4) is 0 Å². The summed E-state index contributed by atoms with van der Waals surface area (Å²) in [6.07, 6.45) is 17.1. The zero-order chi connectivity index (χ0) is 20.2. The van der Waals surface area contributed by atoms with Crippen molar-refractivity contribution in [1.29, 1.82) is 5.41 Å². The Morgan fingerprint density at radius 1 is 0.966 bits per heavy atom. The molecule has 0 bridgehead atoms. The SMILES string of the molecule is CCCCCCCCCCCCc1ccc(C(=O)NC2(C(=N)N)CCC2)cc1.Cl. The van der Waals surface area contributed by atoms with Gasteiger partial charge in [0.2, 0.25) is 0 Å². The van der Waals surface area contributed by atoms with Crippen molar-refractivity contribution in [2.24, 2.45) is 5.73 Å². The van der Waals surface area contributed by atoms with Gasteiger partial charge in [0.1, 0.15) is 5.84 Å². The van der Waals surface area contributed by atoms with E-state index in [2.05, 4.69) is 24.4 Å². The molecule has 1 aliphatic carbocycles. The highest BCUT2D eigenvalue weighted by Gasteiger charge is 2.41. The van der Waals surface area contributed by atoms with Gasteiger partial charge in [-0.2, -0.15) is 0 Å². The molecule has 0 atom stereocenters. The molecule has 1 aromatic rings. The van der Waals surface area contributed by atoms with Gasteiger partial charge in [0.05, 0.1) is 5.54 Å². The number of nitrogens with two attached hydrogens (primary N) is 1. The van der Waals surface area contributed by atoms with Crippen LogP contribution >= 0.6 is 12.4 Å². The van der Waals surface area contributed by atoms with E-state index in [-0.39, 0.29) is 24.1 Å². The molecule has 0 saturated heterocycles. The van der Waals surface area contributed by atoms with Crippen LogP contribution in [0.15, 0.2) is 24.3 Å². The molecule has 1 aromatic carbocycles. The van der Waals surface area contributed by atoms with Crippen LogP contribution in [-0.4, -0.2) is 17.3 Å². The van der Waals surface area contributed by atoms with E-state index in [1.54, 1.807) is 0 Å². The van der Waals surface area contributed by atoms with Gasteiger partial charge in [-0.1, -0.05) is 76.8 Å². The molecule has 0 aromatic heterocycles. The average molecular weight is 422 g/mol. The van der Waals surface area contributed by atoms with E-state index < -0.39 is 5.54 Å². The Labute approximate surface area is 183 Å². The average Bonchev–Trinajstić information content (AvgIpc) is 2.66. The maximum Gasteiger partial charge on any atom is 0.252 e. The molecule has 164 valence electrons. The minimum Gasteiger partial charge on any atom is -0.386 e. The number of unbranched alkanes of at least 4 members (excludes halogenated alkanes) is 9. The lowest BCUT2D eigenvalue weighted by atomic mass is 9.75. The number of benzene rings is 1. The van der Waals surface area contributed by atoms with Crippen LogP contribution < -0.4 is 11.1 Å². The van der Waals surface area contributed by atoms with Crippen molar-refractivity contribution < 1.29 is 4.79 Å². The van der Waals surface area contributed by atoms with Gasteiger partial charge in [-0.15, -0.1) is 12.4 Å². The van der Waals surface area contributed by atoms with Crippen LogP contribution in [0.5, 0.6) is 0 Å². The van der Waals surface area contributed by atoms with E-state index in [1.165, 1.54) is 69.8 Å². The number of rotatable bonds is 14. The molecule has 0 radical (unpaired) electrons. The molecule has 1 amide bonds. The predicted octanol–water partition coefficient (Wildman–Crippen LogP) is 6.16. The van der Waals surface area contributed by atoms with Gasteiger partial charge < -0.3 is 11.1 Å². The Morgan fingerprint density at radius 2 is 1.48 bits per heavy atom. The molecule has 4 N–H and O–H groups in total. The van der Waals surface area contributed by atoms with Crippen LogP contribution in [0.4, 0.5) is 0 Å². The molecular formula is C24H40ClN3O. The Kier molecular flexibility index (Phi) is 12.0. The monoisotopic (exact) mass is 421 g/mol. The number of amidine groups is 1. The lowest BCUT2D eigenvalue weighted by Gasteiger charge is -2.41. The summed E-state index contributed by atoms with van der Waals surface area (Å²) >= 11 is 0. The summed E-state index contributed by atoms with van der Waals surface area (Å²) in [5.74, 6) is -0.0509. The first-order valence-corrected chi connectivity index (χ1v) is 11.3. The first kappa shape index (κ1) is 25.5. The highest BCUT2D eigenvalue weighted by Crippen LogP contribution is 2.31. The van der Waals surface area contributed by atoms with Crippen LogP contribution in [0.25, 0.3) is 0 Å². The van der Waals surface area contributed by atoms with Crippen molar-refractivity contribution in [3.63, 3.8) is 0 Å².